The second-order valence-electron chi connectivity index (χ2n) is 6.48. The molecule has 2 aromatic carbocycles. The van der Waals surface area contributed by atoms with Gasteiger partial charge in [-0.3, -0.25) is 15.1 Å². The summed E-state index contributed by atoms with van der Waals surface area (Å²) in [6.07, 6.45) is 0. The molecule has 0 N–H and O–H groups in total. The van der Waals surface area contributed by atoms with Crippen molar-refractivity contribution in [2.75, 3.05) is 6.79 Å². The van der Waals surface area contributed by atoms with Gasteiger partial charge in [0.25, 0.3) is 5.69 Å². The number of para-hydroxylation sites is 1. The molecule has 0 saturated heterocycles. The Bertz CT molecular complexity index is 1050. The minimum Gasteiger partial charge on any atom is -0.488 e. The Morgan fingerprint density at radius 1 is 1.26 bits per heavy atom. The predicted molar refractivity (Wildman–Crippen MR) is 98.9 cm³/mol. The van der Waals surface area contributed by atoms with Crippen molar-refractivity contribution in [2.45, 2.75) is 27.1 Å². The van der Waals surface area contributed by atoms with E-state index >= 15 is 0 Å². The van der Waals surface area contributed by atoms with Gasteiger partial charge in [-0.05, 0) is 25.5 Å². The first-order chi connectivity index (χ1) is 13.0. The smallest absolute Gasteiger partial charge is 0.270 e. The zero-order valence-electron chi connectivity index (χ0n) is 15.0. The molecule has 0 aliphatic carbocycles. The summed E-state index contributed by atoms with van der Waals surface area (Å²) in [5.41, 5.74) is 4.07. The lowest BCUT2D eigenvalue weighted by Crippen LogP contribution is -2.14. The van der Waals surface area contributed by atoms with E-state index in [1.807, 2.05) is 38.1 Å². The maximum Gasteiger partial charge on any atom is 0.270 e. The van der Waals surface area contributed by atoms with Crippen molar-refractivity contribution in [2.24, 2.45) is 0 Å². The number of benzene rings is 2. The van der Waals surface area contributed by atoms with Crippen LogP contribution in [0.5, 0.6) is 11.5 Å². The molecule has 27 heavy (non-hydrogen) atoms. The van der Waals surface area contributed by atoms with Crippen LogP contribution in [0.15, 0.2) is 36.4 Å². The standard InChI is InChI=1S/C20H18N2O5/c1-12-4-3-5-17-18(6-13(2)21-19(12)17)26-10-15-8-16(22(23)24)7-14-9-25-11-27-20(14)15/h3-8H,9-11H2,1-2H3. The Morgan fingerprint density at radius 2 is 2.11 bits per heavy atom. The second kappa shape index (κ2) is 6.85. The molecule has 1 aliphatic heterocycles. The van der Waals surface area contributed by atoms with E-state index in [2.05, 4.69) is 4.98 Å². The zero-order chi connectivity index (χ0) is 19.0. The summed E-state index contributed by atoms with van der Waals surface area (Å²) in [4.78, 5) is 15.4. The van der Waals surface area contributed by atoms with Gasteiger partial charge in [-0.1, -0.05) is 12.1 Å². The third kappa shape index (κ3) is 3.29. The number of aromatic nitrogens is 1. The van der Waals surface area contributed by atoms with Crippen LogP contribution in [-0.4, -0.2) is 16.7 Å². The number of nitro benzene ring substituents is 1. The molecule has 0 unspecified atom stereocenters. The maximum absolute atomic E-state index is 11.2. The summed E-state index contributed by atoms with van der Waals surface area (Å²) in [6, 6.07) is 10.8. The molecule has 7 nitrogen and oxygen atoms in total. The number of ether oxygens (including phenoxy) is 3. The molecule has 4 rings (SSSR count). The number of non-ortho nitro benzene ring substituents is 1. The van der Waals surface area contributed by atoms with Crippen LogP contribution in [0.4, 0.5) is 5.69 Å². The zero-order valence-corrected chi connectivity index (χ0v) is 15.0. The van der Waals surface area contributed by atoms with Crippen molar-refractivity contribution in [1.29, 1.82) is 0 Å². The van der Waals surface area contributed by atoms with Crippen molar-refractivity contribution >= 4 is 16.6 Å². The molecular weight excluding hydrogens is 348 g/mol. The summed E-state index contributed by atoms with van der Waals surface area (Å²) in [7, 11) is 0. The van der Waals surface area contributed by atoms with Gasteiger partial charge in [-0.2, -0.15) is 0 Å². The maximum atomic E-state index is 11.2. The van der Waals surface area contributed by atoms with Crippen molar-refractivity contribution in [1.82, 2.24) is 4.98 Å². The van der Waals surface area contributed by atoms with Crippen LogP contribution in [0.1, 0.15) is 22.4 Å². The Kier molecular flexibility index (Phi) is 4.37. The first-order valence-corrected chi connectivity index (χ1v) is 8.53. The van der Waals surface area contributed by atoms with Gasteiger partial charge >= 0.3 is 0 Å². The Morgan fingerprint density at radius 3 is 2.93 bits per heavy atom. The van der Waals surface area contributed by atoms with Crippen LogP contribution in [0.2, 0.25) is 0 Å². The van der Waals surface area contributed by atoms with E-state index in [0.29, 0.717) is 22.6 Å². The number of pyridine rings is 1. The third-order valence-electron chi connectivity index (χ3n) is 4.50. The highest BCUT2D eigenvalue weighted by molar-refractivity contribution is 5.87. The van der Waals surface area contributed by atoms with Crippen LogP contribution < -0.4 is 9.47 Å². The number of fused-ring (bicyclic) bond motifs is 2. The summed E-state index contributed by atoms with van der Waals surface area (Å²) in [5, 5.41) is 12.2. The van der Waals surface area contributed by atoms with Crippen molar-refractivity contribution in [3.05, 3.63) is 68.9 Å². The molecule has 0 amide bonds. The highest BCUT2D eigenvalue weighted by Crippen LogP contribution is 2.34. The van der Waals surface area contributed by atoms with E-state index in [1.54, 1.807) is 0 Å². The van der Waals surface area contributed by atoms with Gasteiger partial charge in [-0.15, -0.1) is 0 Å². The summed E-state index contributed by atoms with van der Waals surface area (Å²) in [5.74, 6) is 1.28. The van der Waals surface area contributed by atoms with E-state index in [9.17, 15) is 10.1 Å². The fourth-order valence-corrected chi connectivity index (χ4v) is 3.25. The molecule has 0 radical (unpaired) electrons. The molecule has 3 aromatic rings. The quantitative estimate of drug-likeness (QED) is 0.508. The number of hydrogen-bond donors (Lipinski definition) is 0. The van der Waals surface area contributed by atoms with Crippen molar-refractivity contribution < 1.29 is 19.1 Å². The van der Waals surface area contributed by atoms with Gasteiger partial charge in [0.15, 0.2) is 6.79 Å². The number of hydrogen-bond acceptors (Lipinski definition) is 6. The van der Waals surface area contributed by atoms with E-state index < -0.39 is 4.92 Å². The van der Waals surface area contributed by atoms with Gasteiger partial charge < -0.3 is 14.2 Å². The van der Waals surface area contributed by atoms with Gasteiger partial charge in [0, 0.05) is 40.4 Å². The number of nitrogens with zero attached hydrogens (tertiary/aromatic N) is 2. The molecule has 0 bridgehead atoms. The summed E-state index contributed by atoms with van der Waals surface area (Å²) in [6.45, 7) is 4.46. The van der Waals surface area contributed by atoms with Crippen LogP contribution >= 0.6 is 0 Å². The molecule has 0 spiro atoms. The van der Waals surface area contributed by atoms with Crippen LogP contribution in [-0.2, 0) is 18.0 Å². The average Bonchev–Trinajstić information content (AvgIpc) is 2.66. The highest BCUT2D eigenvalue weighted by atomic mass is 16.7. The fraction of sp³-hybridized carbons (Fsp3) is 0.250. The molecule has 2 heterocycles. The predicted octanol–water partition coefficient (Wildman–Crippen LogP) is 4.21. The topological polar surface area (TPSA) is 83.7 Å². The summed E-state index contributed by atoms with van der Waals surface area (Å²) >= 11 is 0. The second-order valence-corrected chi connectivity index (χ2v) is 6.48. The van der Waals surface area contributed by atoms with Crippen LogP contribution in [0, 0.1) is 24.0 Å². The number of nitro groups is 1. The fourth-order valence-electron chi connectivity index (χ4n) is 3.25. The van der Waals surface area contributed by atoms with Gasteiger partial charge in [-0.25, -0.2) is 0 Å². The Hall–Kier alpha value is -3.19. The Balaban J connectivity index is 1.72. The van der Waals surface area contributed by atoms with E-state index in [1.165, 1.54) is 12.1 Å². The van der Waals surface area contributed by atoms with Crippen molar-refractivity contribution in [3.63, 3.8) is 0 Å². The molecule has 1 aliphatic rings. The van der Waals surface area contributed by atoms with E-state index in [4.69, 9.17) is 14.2 Å². The van der Waals surface area contributed by atoms with Crippen LogP contribution in [0.3, 0.4) is 0 Å². The number of rotatable bonds is 4. The molecule has 0 atom stereocenters. The molecule has 0 saturated carbocycles. The lowest BCUT2D eigenvalue weighted by molar-refractivity contribution is -0.385. The normalized spacial score (nSPS) is 13.1. The lowest BCUT2D eigenvalue weighted by atomic mass is 10.1. The minimum atomic E-state index is -0.423. The molecule has 7 heteroatoms. The largest absolute Gasteiger partial charge is 0.488 e. The van der Waals surface area contributed by atoms with Gasteiger partial charge in [0.1, 0.15) is 18.1 Å². The van der Waals surface area contributed by atoms with Gasteiger partial charge in [0.2, 0.25) is 0 Å². The third-order valence-corrected chi connectivity index (χ3v) is 4.50. The number of aryl methyl sites for hydroxylation is 2. The van der Waals surface area contributed by atoms with E-state index in [-0.39, 0.29) is 25.7 Å². The minimum absolute atomic E-state index is 0.00642. The monoisotopic (exact) mass is 366 g/mol. The van der Waals surface area contributed by atoms with Gasteiger partial charge in [0.05, 0.1) is 17.0 Å². The highest BCUT2D eigenvalue weighted by Gasteiger charge is 2.21. The Labute approximate surface area is 155 Å². The first kappa shape index (κ1) is 17.2. The lowest BCUT2D eigenvalue weighted by Gasteiger charge is -2.21. The first-order valence-electron chi connectivity index (χ1n) is 8.53. The molecule has 1 aromatic heterocycles. The van der Waals surface area contributed by atoms with Crippen LogP contribution in [0.25, 0.3) is 10.9 Å². The average molecular weight is 366 g/mol. The molecule has 138 valence electrons. The molecular formula is C20H18N2O5. The summed E-state index contributed by atoms with van der Waals surface area (Å²) < 4.78 is 16.9. The SMILES string of the molecule is Cc1cc(OCc2cc([N+](=O)[O-])cc3c2OCOC3)c2cccc(C)c2n1. The van der Waals surface area contributed by atoms with Crippen molar-refractivity contribution in [3.8, 4) is 11.5 Å². The van der Waals surface area contributed by atoms with E-state index in [0.717, 1.165) is 22.2 Å². The molecule has 0 fully saturated rings.